The molecule has 2 aliphatic heterocycles. The quantitative estimate of drug-likeness (QED) is 0.761. The Labute approximate surface area is 137 Å². The van der Waals surface area contributed by atoms with Crippen molar-refractivity contribution in [3.05, 3.63) is 33.0 Å². The highest BCUT2D eigenvalue weighted by Crippen LogP contribution is 2.52. The smallest absolute Gasteiger partial charge is 0.347 e. The molecule has 2 heterocycles. The van der Waals surface area contributed by atoms with Crippen molar-refractivity contribution >= 4 is 17.7 Å². The molecule has 0 bridgehead atoms. The van der Waals surface area contributed by atoms with Crippen LogP contribution in [0.15, 0.2) is 33.0 Å². The largest absolute Gasteiger partial charge is 0.456 e. The van der Waals surface area contributed by atoms with Crippen LogP contribution in [0.1, 0.15) is 54.9 Å². The van der Waals surface area contributed by atoms with E-state index in [0.717, 1.165) is 17.7 Å². The molecule has 5 heteroatoms. The Morgan fingerprint density at radius 1 is 1.36 bits per heavy atom. The lowest BCUT2D eigenvalue weighted by Gasteiger charge is -2.36. The van der Waals surface area contributed by atoms with E-state index in [4.69, 9.17) is 10.5 Å². The van der Waals surface area contributed by atoms with Gasteiger partial charge in [-0.15, -0.1) is 0 Å². The zero-order chi connectivity index (χ0) is 16.9. The number of fused-ring (bicyclic) bond motifs is 1. The van der Waals surface area contributed by atoms with Crippen molar-refractivity contribution in [1.82, 2.24) is 5.32 Å². The van der Waals surface area contributed by atoms with Crippen LogP contribution in [-0.2, 0) is 9.53 Å². The van der Waals surface area contributed by atoms with E-state index < -0.39 is 10.5 Å². The standard InChI is InChI=1S/C17H26N2O2S/c1-8-11-9(2)12-13(18)14(15(20)21-16(4,5)6)22-17(12,7)19-10(11)3/h19H,8,18H2,1-7H3. The SMILES string of the molecule is CCC1=C(C)NC2(C)SC(C(=O)OC(C)(C)C)=C(N)C2=C1C. The third-order valence-electron chi connectivity index (χ3n) is 3.94. The number of hydrogen-bond donors (Lipinski definition) is 2. The number of nitrogens with two attached hydrogens (primary N) is 1. The van der Waals surface area contributed by atoms with E-state index in [0.29, 0.717) is 10.6 Å². The van der Waals surface area contributed by atoms with Crippen molar-refractivity contribution in [3.8, 4) is 0 Å². The first-order chi connectivity index (χ1) is 10.00. The summed E-state index contributed by atoms with van der Waals surface area (Å²) in [5.41, 5.74) is 10.9. The molecule has 1 unspecified atom stereocenters. The molecular formula is C17H26N2O2S. The molecular weight excluding hydrogens is 296 g/mol. The summed E-state index contributed by atoms with van der Waals surface area (Å²) in [6, 6.07) is 0. The molecule has 4 nitrogen and oxygen atoms in total. The fourth-order valence-corrected chi connectivity index (χ4v) is 4.51. The number of rotatable bonds is 2. The summed E-state index contributed by atoms with van der Waals surface area (Å²) >= 11 is 1.45. The normalized spacial score (nSPS) is 25.4. The summed E-state index contributed by atoms with van der Waals surface area (Å²) in [5.74, 6) is -0.344. The second-order valence-electron chi connectivity index (χ2n) is 6.96. The zero-order valence-corrected chi connectivity index (χ0v) is 15.3. The van der Waals surface area contributed by atoms with Gasteiger partial charge in [0.1, 0.15) is 15.4 Å². The molecule has 2 rings (SSSR count). The van der Waals surface area contributed by atoms with Gasteiger partial charge in [0.05, 0.1) is 5.70 Å². The molecule has 0 fully saturated rings. The van der Waals surface area contributed by atoms with Crippen molar-refractivity contribution in [2.45, 2.75) is 65.4 Å². The minimum Gasteiger partial charge on any atom is -0.456 e. The predicted octanol–water partition coefficient (Wildman–Crippen LogP) is 3.57. The molecule has 3 N–H and O–H groups in total. The average molecular weight is 322 g/mol. The van der Waals surface area contributed by atoms with Crippen LogP contribution in [-0.4, -0.2) is 16.4 Å². The fourth-order valence-electron chi connectivity index (χ4n) is 3.20. The Morgan fingerprint density at radius 3 is 2.45 bits per heavy atom. The highest BCUT2D eigenvalue weighted by molar-refractivity contribution is 8.05. The van der Waals surface area contributed by atoms with Gasteiger partial charge in [-0.1, -0.05) is 18.7 Å². The number of nitrogens with one attached hydrogen (secondary N) is 1. The van der Waals surface area contributed by atoms with Crippen LogP contribution in [0.5, 0.6) is 0 Å². The number of esters is 1. The molecule has 0 amide bonds. The Balaban J connectivity index is 2.48. The first-order valence-electron chi connectivity index (χ1n) is 7.62. The summed E-state index contributed by atoms with van der Waals surface area (Å²) in [7, 11) is 0. The Morgan fingerprint density at radius 2 is 1.95 bits per heavy atom. The van der Waals surface area contributed by atoms with Crippen LogP contribution >= 0.6 is 11.8 Å². The lowest BCUT2D eigenvalue weighted by Crippen LogP contribution is -2.42. The lowest BCUT2D eigenvalue weighted by atomic mass is 9.88. The van der Waals surface area contributed by atoms with Crippen LogP contribution in [0.4, 0.5) is 0 Å². The van der Waals surface area contributed by atoms with Gasteiger partial charge in [0.25, 0.3) is 0 Å². The van der Waals surface area contributed by atoms with Crippen molar-refractivity contribution in [2.75, 3.05) is 0 Å². The number of dihydropyridines is 1. The van der Waals surface area contributed by atoms with E-state index in [9.17, 15) is 4.79 Å². The highest BCUT2D eigenvalue weighted by Gasteiger charge is 2.46. The van der Waals surface area contributed by atoms with Gasteiger partial charge in [0, 0.05) is 11.3 Å². The van der Waals surface area contributed by atoms with Crippen LogP contribution < -0.4 is 11.1 Å². The van der Waals surface area contributed by atoms with Gasteiger partial charge >= 0.3 is 5.97 Å². The monoisotopic (exact) mass is 322 g/mol. The van der Waals surface area contributed by atoms with Gasteiger partial charge in [-0.3, -0.25) is 0 Å². The minimum atomic E-state index is -0.529. The molecule has 22 heavy (non-hydrogen) atoms. The average Bonchev–Trinajstić information content (AvgIpc) is 2.59. The van der Waals surface area contributed by atoms with Crippen LogP contribution in [0, 0.1) is 0 Å². The maximum atomic E-state index is 12.5. The number of allylic oxidation sites excluding steroid dienone is 3. The Bertz CT molecular complexity index is 623. The van der Waals surface area contributed by atoms with Crippen molar-refractivity contribution in [2.24, 2.45) is 5.73 Å². The first kappa shape index (κ1) is 17.0. The lowest BCUT2D eigenvalue weighted by molar-refractivity contribution is -0.148. The topological polar surface area (TPSA) is 64.3 Å². The summed E-state index contributed by atoms with van der Waals surface area (Å²) < 4.78 is 5.50. The van der Waals surface area contributed by atoms with Gasteiger partial charge < -0.3 is 15.8 Å². The molecule has 0 aromatic heterocycles. The molecule has 0 saturated carbocycles. The minimum absolute atomic E-state index is 0.344. The number of ether oxygens (including phenoxy) is 1. The molecule has 0 aromatic rings. The van der Waals surface area contributed by atoms with E-state index >= 15 is 0 Å². The summed E-state index contributed by atoms with van der Waals surface area (Å²) in [4.78, 5) is 12.6. The molecule has 0 saturated heterocycles. The second-order valence-corrected chi connectivity index (χ2v) is 8.39. The number of hydrogen-bond acceptors (Lipinski definition) is 5. The maximum absolute atomic E-state index is 12.5. The Hall–Kier alpha value is -1.36. The van der Waals surface area contributed by atoms with Gasteiger partial charge in [-0.25, -0.2) is 4.79 Å². The number of thioether (sulfide) groups is 1. The first-order valence-corrected chi connectivity index (χ1v) is 8.44. The van der Waals surface area contributed by atoms with E-state index in [1.54, 1.807) is 0 Å². The van der Waals surface area contributed by atoms with Crippen molar-refractivity contribution < 1.29 is 9.53 Å². The van der Waals surface area contributed by atoms with Crippen LogP contribution in [0.25, 0.3) is 0 Å². The van der Waals surface area contributed by atoms with Gasteiger partial charge in [0.15, 0.2) is 0 Å². The predicted molar refractivity (Wildman–Crippen MR) is 91.9 cm³/mol. The number of carbonyl (C=O) groups is 1. The van der Waals surface area contributed by atoms with Gasteiger partial charge in [-0.2, -0.15) is 0 Å². The molecule has 0 radical (unpaired) electrons. The summed E-state index contributed by atoms with van der Waals surface area (Å²) in [6.07, 6.45) is 0.934. The highest BCUT2D eigenvalue weighted by atomic mass is 32.2. The maximum Gasteiger partial charge on any atom is 0.347 e. The van der Waals surface area contributed by atoms with Gasteiger partial charge in [-0.05, 0) is 59.1 Å². The van der Waals surface area contributed by atoms with Crippen LogP contribution in [0.2, 0.25) is 0 Å². The third-order valence-corrected chi connectivity index (χ3v) is 5.25. The molecule has 2 aliphatic rings. The van der Waals surface area contributed by atoms with E-state index in [-0.39, 0.29) is 5.97 Å². The second kappa shape index (κ2) is 5.37. The zero-order valence-electron chi connectivity index (χ0n) is 14.5. The molecule has 0 aliphatic carbocycles. The summed E-state index contributed by atoms with van der Waals surface area (Å²) in [5, 5.41) is 3.52. The van der Waals surface area contributed by atoms with E-state index in [1.807, 2.05) is 20.8 Å². The fraction of sp³-hybridized carbons (Fsp3) is 0.588. The molecule has 0 aromatic carbocycles. The third kappa shape index (κ3) is 2.78. The van der Waals surface area contributed by atoms with Crippen molar-refractivity contribution in [3.63, 3.8) is 0 Å². The van der Waals surface area contributed by atoms with Crippen LogP contribution in [0.3, 0.4) is 0 Å². The summed E-state index contributed by atoms with van der Waals surface area (Å²) in [6.45, 7) is 13.9. The molecule has 122 valence electrons. The molecule has 0 spiro atoms. The molecule has 1 atom stereocenters. The van der Waals surface area contributed by atoms with Gasteiger partial charge in [0.2, 0.25) is 0 Å². The van der Waals surface area contributed by atoms with Crippen molar-refractivity contribution in [1.29, 1.82) is 0 Å². The van der Waals surface area contributed by atoms with E-state index in [2.05, 4.69) is 33.0 Å². The van der Waals surface area contributed by atoms with E-state index in [1.165, 1.54) is 22.9 Å². The Kier molecular flexibility index (Phi) is 4.15. The number of carbonyl (C=O) groups excluding carboxylic acids is 1.